The number of carbonyl (C=O) groups is 1. The molecule has 1 aromatic carbocycles. The Kier molecular flexibility index (Phi) is 4.15. The summed E-state index contributed by atoms with van der Waals surface area (Å²) in [5.74, 6) is -0.0199. The van der Waals surface area contributed by atoms with Crippen molar-refractivity contribution in [1.82, 2.24) is 5.32 Å². The summed E-state index contributed by atoms with van der Waals surface area (Å²) in [6, 6.07) is 8.51. The Hall–Kier alpha value is -1.35. The van der Waals surface area contributed by atoms with Crippen LogP contribution in [0.3, 0.4) is 0 Å². The van der Waals surface area contributed by atoms with Crippen LogP contribution in [-0.4, -0.2) is 19.1 Å². The first-order valence-electron chi connectivity index (χ1n) is 6.26. The molecule has 1 aliphatic carbocycles. The van der Waals surface area contributed by atoms with E-state index < -0.39 is 0 Å². The van der Waals surface area contributed by atoms with E-state index in [-0.39, 0.29) is 18.6 Å². The molecule has 17 heavy (non-hydrogen) atoms. The van der Waals surface area contributed by atoms with Crippen molar-refractivity contribution < 1.29 is 9.53 Å². The molecule has 2 rings (SSSR count). The molecule has 0 saturated heterocycles. The zero-order valence-electron chi connectivity index (χ0n) is 10.2. The van der Waals surface area contributed by atoms with Gasteiger partial charge in [-0.3, -0.25) is 4.79 Å². The lowest BCUT2D eigenvalue weighted by atomic mass is 9.88. The summed E-state index contributed by atoms with van der Waals surface area (Å²) < 4.78 is 5.11. The SMILES string of the molecule is CCOCC(=O)NC1CCCc2ccccc21. The van der Waals surface area contributed by atoms with Crippen molar-refractivity contribution in [3.63, 3.8) is 0 Å². The maximum Gasteiger partial charge on any atom is 0.246 e. The van der Waals surface area contributed by atoms with Crippen LogP contribution in [-0.2, 0) is 16.0 Å². The number of amides is 1. The van der Waals surface area contributed by atoms with Gasteiger partial charge in [-0.05, 0) is 37.3 Å². The fraction of sp³-hybridized carbons (Fsp3) is 0.500. The van der Waals surface area contributed by atoms with Crippen LogP contribution in [0.15, 0.2) is 24.3 Å². The normalized spacial score (nSPS) is 18.5. The predicted octanol–water partition coefficient (Wildman–Crippen LogP) is 2.22. The van der Waals surface area contributed by atoms with Crippen molar-refractivity contribution in [2.75, 3.05) is 13.2 Å². The van der Waals surface area contributed by atoms with Crippen molar-refractivity contribution >= 4 is 5.91 Å². The number of fused-ring (bicyclic) bond motifs is 1. The molecule has 0 bridgehead atoms. The average molecular weight is 233 g/mol. The maximum absolute atomic E-state index is 11.6. The van der Waals surface area contributed by atoms with Crippen LogP contribution in [0.4, 0.5) is 0 Å². The van der Waals surface area contributed by atoms with E-state index in [1.807, 2.05) is 13.0 Å². The molecule has 1 amide bonds. The van der Waals surface area contributed by atoms with Gasteiger partial charge in [0, 0.05) is 6.61 Å². The molecular weight excluding hydrogens is 214 g/mol. The monoisotopic (exact) mass is 233 g/mol. The summed E-state index contributed by atoms with van der Waals surface area (Å²) in [6.07, 6.45) is 3.28. The molecule has 0 spiro atoms. The third-order valence-electron chi connectivity index (χ3n) is 3.14. The van der Waals surface area contributed by atoms with E-state index in [9.17, 15) is 4.79 Å². The predicted molar refractivity (Wildman–Crippen MR) is 66.8 cm³/mol. The smallest absolute Gasteiger partial charge is 0.246 e. The number of benzene rings is 1. The summed E-state index contributed by atoms with van der Waals surface area (Å²) in [5.41, 5.74) is 2.63. The third-order valence-corrected chi connectivity index (χ3v) is 3.14. The number of rotatable bonds is 4. The molecule has 92 valence electrons. The first-order chi connectivity index (χ1) is 8.31. The molecule has 0 radical (unpaired) electrons. The van der Waals surface area contributed by atoms with E-state index in [1.165, 1.54) is 11.1 Å². The van der Waals surface area contributed by atoms with Crippen LogP contribution in [0.25, 0.3) is 0 Å². The van der Waals surface area contributed by atoms with E-state index in [0.717, 1.165) is 19.3 Å². The maximum atomic E-state index is 11.6. The Balaban J connectivity index is 2.01. The first kappa shape index (κ1) is 12.1. The van der Waals surface area contributed by atoms with E-state index in [2.05, 4.69) is 23.5 Å². The van der Waals surface area contributed by atoms with Crippen LogP contribution in [0, 0.1) is 0 Å². The Morgan fingerprint density at radius 1 is 1.47 bits per heavy atom. The second-order valence-electron chi connectivity index (χ2n) is 4.35. The highest BCUT2D eigenvalue weighted by molar-refractivity contribution is 5.77. The molecule has 1 aromatic rings. The number of hydrogen-bond acceptors (Lipinski definition) is 2. The highest BCUT2D eigenvalue weighted by Crippen LogP contribution is 2.29. The van der Waals surface area contributed by atoms with Crippen LogP contribution in [0.5, 0.6) is 0 Å². The number of hydrogen-bond donors (Lipinski definition) is 1. The van der Waals surface area contributed by atoms with Gasteiger partial charge in [0.2, 0.25) is 5.91 Å². The summed E-state index contributed by atoms with van der Waals surface area (Å²) in [5, 5.41) is 3.05. The van der Waals surface area contributed by atoms with Crippen LogP contribution in [0.2, 0.25) is 0 Å². The lowest BCUT2D eigenvalue weighted by molar-refractivity contribution is -0.126. The lowest BCUT2D eigenvalue weighted by Gasteiger charge is -2.26. The number of aryl methyl sites for hydroxylation is 1. The molecular formula is C14H19NO2. The molecule has 3 nitrogen and oxygen atoms in total. The van der Waals surface area contributed by atoms with Gasteiger partial charge in [0.05, 0.1) is 6.04 Å². The minimum atomic E-state index is -0.0199. The van der Waals surface area contributed by atoms with E-state index in [0.29, 0.717) is 6.61 Å². The third kappa shape index (κ3) is 3.07. The molecule has 1 N–H and O–H groups in total. The minimum Gasteiger partial charge on any atom is -0.372 e. The summed E-state index contributed by atoms with van der Waals surface area (Å²) in [7, 11) is 0. The van der Waals surface area contributed by atoms with Gasteiger partial charge >= 0.3 is 0 Å². The van der Waals surface area contributed by atoms with Gasteiger partial charge < -0.3 is 10.1 Å². The number of ether oxygens (including phenoxy) is 1. The van der Waals surface area contributed by atoms with Crippen LogP contribution >= 0.6 is 0 Å². The Morgan fingerprint density at radius 2 is 2.29 bits per heavy atom. The minimum absolute atomic E-state index is 0.0199. The quantitative estimate of drug-likeness (QED) is 0.866. The highest BCUT2D eigenvalue weighted by Gasteiger charge is 2.20. The molecule has 0 aliphatic heterocycles. The summed E-state index contributed by atoms with van der Waals surface area (Å²) in [6.45, 7) is 2.63. The summed E-state index contributed by atoms with van der Waals surface area (Å²) in [4.78, 5) is 11.6. The Morgan fingerprint density at radius 3 is 3.12 bits per heavy atom. The molecule has 0 fully saturated rings. The Labute approximate surface area is 102 Å². The van der Waals surface area contributed by atoms with Crippen molar-refractivity contribution in [2.24, 2.45) is 0 Å². The van der Waals surface area contributed by atoms with Crippen molar-refractivity contribution in [3.8, 4) is 0 Å². The van der Waals surface area contributed by atoms with Gasteiger partial charge in [0.1, 0.15) is 6.61 Å². The van der Waals surface area contributed by atoms with Gasteiger partial charge in [-0.25, -0.2) is 0 Å². The largest absolute Gasteiger partial charge is 0.372 e. The second kappa shape index (κ2) is 5.82. The van der Waals surface area contributed by atoms with E-state index >= 15 is 0 Å². The highest BCUT2D eigenvalue weighted by atomic mass is 16.5. The first-order valence-corrected chi connectivity index (χ1v) is 6.26. The molecule has 1 unspecified atom stereocenters. The van der Waals surface area contributed by atoms with Crippen molar-refractivity contribution in [2.45, 2.75) is 32.2 Å². The molecule has 0 saturated carbocycles. The average Bonchev–Trinajstić information content (AvgIpc) is 2.37. The van der Waals surface area contributed by atoms with Crippen molar-refractivity contribution in [1.29, 1.82) is 0 Å². The zero-order valence-corrected chi connectivity index (χ0v) is 10.2. The van der Waals surface area contributed by atoms with E-state index in [1.54, 1.807) is 0 Å². The van der Waals surface area contributed by atoms with Gasteiger partial charge in [0.15, 0.2) is 0 Å². The van der Waals surface area contributed by atoms with Crippen molar-refractivity contribution in [3.05, 3.63) is 35.4 Å². The summed E-state index contributed by atoms with van der Waals surface area (Å²) >= 11 is 0. The standard InChI is InChI=1S/C14H19NO2/c1-2-17-10-14(16)15-13-9-5-7-11-6-3-4-8-12(11)13/h3-4,6,8,13H,2,5,7,9-10H2,1H3,(H,15,16). The van der Waals surface area contributed by atoms with Gasteiger partial charge in [0.25, 0.3) is 0 Å². The molecule has 0 heterocycles. The molecule has 1 atom stereocenters. The second-order valence-corrected chi connectivity index (χ2v) is 4.35. The zero-order chi connectivity index (χ0) is 12.1. The fourth-order valence-corrected chi connectivity index (χ4v) is 2.33. The molecule has 1 aliphatic rings. The lowest BCUT2D eigenvalue weighted by Crippen LogP contribution is -2.33. The number of nitrogens with one attached hydrogen (secondary N) is 1. The van der Waals surface area contributed by atoms with Gasteiger partial charge in [-0.2, -0.15) is 0 Å². The fourth-order valence-electron chi connectivity index (χ4n) is 2.33. The topological polar surface area (TPSA) is 38.3 Å². The molecule has 0 aromatic heterocycles. The van der Waals surface area contributed by atoms with Crippen LogP contribution in [0.1, 0.15) is 36.9 Å². The van der Waals surface area contributed by atoms with E-state index in [4.69, 9.17) is 4.74 Å². The Bertz CT molecular complexity index is 390. The number of carbonyl (C=O) groups excluding carboxylic acids is 1. The van der Waals surface area contributed by atoms with Gasteiger partial charge in [-0.1, -0.05) is 24.3 Å². The molecule has 3 heteroatoms. The van der Waals surface area contributed by atoms with Crippen LogP contribution < -0.4 is 5.32 Å². The van der Waals surface area contributed by atoms with Gasteiger partial charge in [-0.15, -0.1) is 0 Å².